The molecule has 0 amide bonds. The molecular formula is C13H15BrN2OS. The minimum Gasteiger partial charge on any atom is -0.497 e. The van der Waals surface area contributed by atoms with Gasteiger partial charge in [0.2, 0.25) is 0 Å². The standard InChI is InChI=1S/C13H15BrN2OS/c1-9-13(14)12(16(2)15-9)8-18-11-6-4-10(17-3)5-7-11/h4-7H,8H2,1-3H3. The molecule has 0 radical (unpaired) electrons. The van der Waals surface area contributed by atoms with E-state index in [4.69, 9.17) is 4.74 Å². The van der Waals surface area contributed by atoms with E-state index < -0.39 is 0 Å². The van der Waals surface area contributed by atoms with Crippen molar-refractivity contribution < 1.29 is 4.74 Å². The lowest BCUT2D eigenvalue weighted by atomic mass is 10.3. The first-order chi connectivity index (χ1) is 8.61. The van der Waals surface area contributed by atoms with Crippen molar-refractivity contribution in [2.45, 2.75) is 17.6 Å². The Balaban J connectivity index is 2.06. The van der Waals surface area contributed by atoms with Crippen molar-refractivity contribution in [1.82, 2.24) is 9.78 Å². The SMILES string of the molecule is COc1ccc(SCc2c(Br)c(C)nn2C)cc1. The molecule has 18 heavy (non-hydrogen) atoms. The normalized spacial score (nSPS) is 10.7. The molecule has 1 aromatic carbocycles. The molecule has 0 N–H and O–H groups in total. The van der Waals surface area contributed by atoms with Crippen LogP contribution in [0.3, 0.4) is 0 Å². The molecule has 0 fully saturated rings. The van der Waals surface area contributed by atoms with Gasteiger partial charge in [-0.25, -0.2) is 0 Å². The fourth-order valence-electron chi connectivity index (χ4n) is 1.66. The van der Waals surface area contributed by atoms with Crippen molar-refractivity contribution in [3.8, 4) is 5.75 Å². The van der Waals surface area contributed by atoms with Gasteiger partial charge < -0.3 is 4.74 Å². The van der Waals surface area contributed by atoms with Gasteiger partial charge in [0.25, 0.3) is 0 Å². The average Bonchev–Trinajstić information content (AvgIpc) is 2.62. The molecule has 0 aliphatic carbocycles. The van der Waals surface area contributed by atoms with Gasteiger partial charge in [0.1, 0.15) is 5.75 Å². The number of hydrogen-bond donors (Lipinski definition) is 0. The van der Waals surface area contributed by atoms with E-state index in [1.807, 2.05) is 30.8 Å². The molecule has 1 heterocycles. The second-order valence-corrected chi connectivity index (χ2v) is 5.78. The molecular weight excluding hydrogens is 312 g/mol. The number of aromatic nitrogens is 2. The predicted molar refractivity (Wildman–Crippen MR) is 78.2 cm³/mol. The molecule has 0 atom stereocenters. The van der Waals surface area contributed by atoms with Gasteiger partial charge in [-0.2, -0.15) is 5.10 Å². The van der Waals surface area contributed by atoms with Gasteiger partial charge in [-0.3, -0.25) is 4.68 Å². The highest BCUT2D eigenvalue weighted by Gasteiger charge is 2.10. The predicted octanol–water partition coefficient (Wildman–Crippen LogP) is 3.79. The maximum atomic E-state index is 5.14. The highest BCUT2D eigenvalue weighted by atomic mass is 79.9. The van der Waals surface area contributed by atoms with Crippen LogP contribution in [0.1, 0.15) is 11.4 Å². The van der Waals surface area contributed by atoms with Crippen molar-refractivity contribution in [2.75, 3.05) is 7.11 Å². The lowest BCUT2D eigenvalue weighted by molar-refractivity contribution is 0.414. The Labute approximate surface area is 120 Å². The zero-order valence-corrected chi connectivity index (χ0v) is 13.0. The topological polar surface area (TPSA) is 27.1 Å². The highest BCUT2D eigenvalue weighted by molar-refractivity contribution is 9.10. The first-order valence-electron chi connectivity index (χ1n) is 5.56. The smallest absolute Gasteiger partial charge is 0.118 e. The van der Waals surface area contributed by atoms with Crippen LogP contribution in [0.25, 0.3) is 0 Å². The Morgan fingerprint density at radius 3 is 2.50 bits per heavy atom. The Kier molecular flexibility index (Phi) is 4.35. The van der Waals surface area contributed by atoms with E-state index in [2.05, 4.69) is 33.2 Å². The van der Waals surface area contributed by atoms with Crippen LogP contribution in [0.4, 0.5) is 0 Å². The molecule has 0 spiro atoms. The number of benzene rings is 1. The van der Waals surface area contributed by atoms with Crippen LogP contribution in [0.2, 0.25) is 0 Å². The van der Waals surface area contributed by atoms with E-state index in [9.17, 15) is 0 Å². The summed E-state index contributed by atoms with van der Waals surface area (Å²) in [4.78, 5) is 1.22. The third-order valence-electron chi connectivity index (χ3n) is 2.70. The lowest BCUT2D eigenvalue weighted by Crippen LogP contribution is -1.96. The molecule has 3 nitrogen and oxygen atoms in total. The second-order valence-electron chi connectivity index (χ2n) is 3.93. The number of methoxy groups -OCH3 is 1. The minimum atomic E-state index is 0.886. The fraction of sp³-hybridized carbons (Fsp3) is 0.308. The summed E-state index contributed by atoms with van der Waals surface area (Å²) in [6.07, 6.45) is 0. The first kappa shape index (κ1) is 13.5. The Bertz CT molecular complexity index is 537. The minimum absolute atomic E-state index is 0.886. The van der Waals surface area contributed by atoms with E-state index in [-0.39, 0.29) is 0 Å². The molecule has 0 aliphatic heterocycles. The molecule has 0 aliphatic rings. The van der Waals surface area contributed by atoms with Crippen molar-refractivity contribution in [2.24, 2.45) is 7.05 Å². The van der Waals surface area contributed by atoms with Gasteiger partial charge in [-0.15, -0.1) is 11.8 Å². The van der Waals surface area contributed by atoms with Gasteiger partial charge >= 0.3 is 0 Å². The Hall–Kier alpha value is -0.940. The van der Waals surface area contributed by atoms with Crippen molar-refractivity contribution in [3.05, 3.63) is 40.1 Å². The van der Waals surface area contributed by atoms with Gasteiger partial charge in [-0.1, -0.05) is 0 Å². The number of hydrogen-bond acceptors (Lipinski definition) is 3. The Morgan fingerprint density at radius 1 is 1.33 bits per heavy atom. The zero-order valence-electron chi connectivity index (χ0n) is 10.6. The summed E-state index contributed by atoms with van der Waals surface area (Å²) in [6, 6.07) is 8.10. The van der Waals surface area contributed by atoms with Crippen molar-refractivity contribution >= 4 is 27.7 Å². The number of thioether (sulfide) groups is 1. The summed E-state index contributed by atoms with van der Waals surface area (Å²) in [7, 11) is 3.65. The summed E-state index contributed by atoms with van der Waals surface area (Å²) in [5, 5.41) is 4.39. The van der Waals surface area contributed by atoms with E-state index in [0.29, 0.717) is 0 Å². The van der Waals surface area contributed by atoms with Crippen LogP contribution in [0, 0.1) is 6.92 Å². The Morgan fingerprint density at radius 2 is 2.00 bits per heavy atom. The first-order valence-corrected chi connectivity index (χ1v) is 7.34. The molecule has 5 heteroatoms. The van der Waals surface area contributed by atoms with Crippen LogP contribution < -0.4 is 4.74 Å². The average molecular weight is 327 g/mol. The molecule has 0 saturated heterocycles. The van der Waals surface area contributed by atoms with E-state index in [1.165, 1.54) is 10.6 Å². The number of rotatable bonds is 4. The van der Waals surface area contributed by atoms with Crippen LogP contribution in [0.15, 0.2) is 33.6 Å². The number of ether oxygens (including phenoxy) is 1. The van der Waals surface area contributed by atoms with Crippen molar-refractivity contribution in [3.63, 3.8) is 0 Å². The molecule has 0 bridgehead atoms. The third-order valence-corrected chi connectivity index (χ3v) is 4.75. The zero-order chi connectivity index (χ0) is 13.1. The van der Waals surface area contributed by atoms with E-state index in [1.54, 1.807) is 18.9 Å². The maximum absolute atomic E-state index is 5.14. The molecule has 96 valence electrons. The highest BCUT2D eigenvalue weighted by Crippen LogP contribution is 2.29. The number of aryl methyl sites for hydroxylation is 2. The van der Waals surface area contributed by atoms with Crippen LogP contribution >= 0.6 is 27.7 Å². The molecule has 2 rings (SSSR count). The summed E-state index contributed by atoms with van der Waals surface area (Å²) in [5.74, 6) is 1.78. The summed E-state index contributed by atoms with van der Waals surface area (Å²) in [5.41, 5.74) is 2.23. The van der Waals surface area contributed by atoms with Gasteiger partial charge in [0, 0.05) is 17.7 Å². The van der Waals surface area contributed by atoms with Gasteiger partial charge in [0.05, 0.1) is 23.0 Å². The second kappa shape index (κ2) is 5.80. The monoisotopic (exact) mass is 326 g/mol. The van der Waals surface area contributed by atoms with Gasteiger partial charge in [0.15, 0.2) is 0 Å². The maximum Gasteiger partial charge on any atom is 0.118 e. The van der Waals surface area contributed by atoms with E-state index in [0.717, 1.165) is 21.7 Å². The number of nitrogens with zero attached hydrogens (tertiary/aromatic N) is 2. The van der Waals surface area contributed by atoms with Crippen molar-refractivity contribution in [1.29, 1.82) is 0 Å². The summed E-state index contributed by atoms with van der Waals surface area (Å²) >= 11 is 5.37. The van der Waals surface area contributed by atoms with Crippen LogP contribution in [-0.2, 0) is 12.8 Å². The fourth-order valence-corrected chi connectivity index (χ4v) is 3.29. The molecule has 0 saturated carbocycles. The molecule has 0 unspecified atom stereocenters. The van der Waals surface area contributed by atoms with E-state index >= 15 is 0 Å². The quantitative estimate of drug-likeness (QED) is 0.800. The lowest BCUT2D eigenvalue weighted by Gasteiger charge is -2.04. The van der Waals surface area contributed by atoms with Gasteiger partial charge in [-0.05, 0) is 47.1 Å². The molecule has 2 aromatic rings. The summed E-state index contributed by atoms with van der Waals surface area (Å²) < 4.78 is 8.17. The summed E-state index contributed by atoms with van der Waals surface area (Å²) in [6.45, 7) is 2.01. The third kappa shape index (κ3) is 2.90. The largest absolute Gasteiger partial charge is 0.497 e. The van der Waals surface area contributed by atoms with Crippen LogP contribution in [-0.4, -0.2) is 16.9 Å². The van der Waals surface area contributed by atoms with Crippen LogP contribution in [0.5, 0.6) is 5.75 Å². The number of halogens is 1. The molecule has 1 aromatic heterocycles.